The smallest absolute Gasteiger partial charge is 0.231 e. The predicted molar refractivity (Wildman–Crippen MR) is 69.9 cm³/mol. The van der Waals surface area contributed by atoms with Crippen molar-refractivity contribution < 1.29 is 4.79 Å². The maximum Gasteiger partial charge on any atom is 0.231 e. The maximum absolute atomic E-state index is 11.6. The molecule has 1 aliphatic heterocycles. The van der Waals surface area contributed by atoms with Gasteiger partial charge in [-0.3, -0.25) is 4.79 Å². The van der Waals surface area contributed by atoms with Crippen LogP contribution in [0.2, 0.25) is 0 Å². The van der Waals surface area contributed by atoms with Crippen molar-refractivity contribution in [2.45, 2.75) is 26.3 Å². The molecule has 1 aliphatic rings. The highest BCUT2D eigenvalue weighted by Crippen LogP contribution is 2.35. The summed E-state index contributed by atoms with van der Waals surface area (Å²) >= 11 is 0. The van der Waals surface area contributed by atoms with E-state index in [2.05, 4.69) is 6.07 Å². The lowest BCUT2D eigenvalue weighted by Crippen LogP contribution is -2.27. The van der Waals surface area contributed by atoms with Gasteiger partial charge in [0.2, 0.25) is 5.91 Å². The zero-order valence-electron chi connectivity index (χ0n) is 10.9. The maximum atomic E-state index is 11.6. The number of fused-ring (bicyclic) bond motifs is 1. The van der Waals surface area contributed by atoms with Crippen molar-refractivity contribution >= 4 is 11.6 Å². The van der Waals surface area contributed by atoms with E-state index in [0.717, 1.165) is 16.8 Å². The second-order valence-electron chi connectivity index (χ2n) is 5.33. The van der Waals surface area contributed by atoms with Crippen LogP contribution >= 0.6 is 0 Å². The molecule has 0 aromatic heterocycles. The third kappa shape index (κ3) is 1.87. The van der Waals surface area contributed by atoms with Gasteiger partial charge in [-0.25, -0.2) is 0 Å². The van der Waals surface area contributed by atoms with Crippen molar-refractivity contribution in [3.63, 3.8) is 0 Å². The van der Waals surface area contributed by atoms with E-state index in [-0.39, 0.29) is 11.9 Å². The molecule has 1 aromatic carbocycles. The zero-order valence-corrected chi connectivity index (χ0v) is 10.9. The number of nitriles is 1. The summed E-state index contributed by atoms with van der Waals surface area (Å²) in [6.07, 6.45) is 0.416. The molecule has 1 heterocycles. The van der Waals surface area contributed by atoms with Crippen LogP contribution < -0.4 is 10.6 Å². The van der Waals surface area contributed by atoms with Crippen molar-refractivity contribution in [1.82, 2.24) is 0 Å². The molecule has 18 heavy (non-hydrogen) atoms. The van der Waals surface area contributed by atoms with E-state index >= 15 is 0 Å². The van der Waals surface area contributed by atoms with E-state index in [0.29, 0.717) is 6.42 Å². The second-order valence-corrected chi connectivity index (χ2v) is 5.33. The Bertz CT molecular complexity index is 542. The highest BCUT2D eigenvalue weighted by atomic mass is 16.2. The van der Waals surface area contributed by atoms with Gasteiger partial charge in [0.1, 0.15) is 0 Å². The third-order valence-electron chi connectivity index (χ3n) is 3.61. The molecular formula is C14H17N3O. The van der Waals surface area contributed by atoms with Crippen LogP contribution in [0.3, 0.4) is 0 Å². The van der Waals surface area contributed by atoms with E-state index in [1.807, 2.05) is 32.0 Å². The lowest BCUT2D eigenvalue weighted by atomic mass is 9.82. The molecule has 2 N–H and O–H groups in total. The van der Waals surface area contributed by atoms with Crippen LogP contribution in [0.4, 0.5) is 5.69 Å². The summed E-state index contributed by atoms with van der Waals surface area (Å²) in [5, 5.41) is 9.11. The Kier molecular flexibility index (Phi) is 2.88. The molecule has 0 saturated heterocycles. The Morgan fingerprint density at radius 3 is 2.78 bits per heavy atom. The number of rotatable bonds is 2. The molecule has 1 atom stereocenters. The molecule has 1 amide bonds. The summed E-state index contributed by atoms with van der Waals surface area (Å²) in [6.45, 7) is 3.64. The fourth-order valence-electron chi connectivity index (χ4n) is 2.17. The molecule has 0 aliphatic carbocycles. The fraction of sp³-hybridized carbons (Fsp3) is 0.429. The standard InChI is InChI=1S/C14H17N3O/c1-14(2,8-15)13(16)9-4-5-11-10(6-9)7-12(18)17(11)3/h4-6,13H,7,16H2,1-3H3. The Labute approximate surface area is 107 Å². The minimum atomic E-state index is -0.622. The zero-order chi connectivity index (χ0) is 13.5. The molecular weight excluding hydrogens is 226 g/mol. The number of hydrogen-bond acceptors (Lipinski definition) is 3. The SMILES string of the molecule is CN1C(=O)Cc2cc(C(N)C(C)(C)C#N)ccc21. The molecule has 1 aromatic rings. The van der Waals surface area contributed by atoms with Gasteiger partial charge in [-0.2, -0.15) is 5.26 Å². The summed E-state index contributed by atoms with van der Waals surface area (Å²) in [5.41, 5.74) is 8.34. The minimum Gasteiger partial charge on any atom is -0.323 e. The minimum absolute atomic E-state index is 0.0928. The summed E-state index contributed by atoms with van der Waals surface area (Å²) in [6, 6.07) is 7.62. The van der Waals surface area contributed by atoms with Crippen molar-refractivity contribution in [1.29, 1.82) is 5.26 Å². The lowest BCUT2D eigenvalue weighted by molar-refractivity contribution is -0.117. The number of nitrogens with two attached hydrogens (primary N) is 1. The predicted octanol–water partition coefficient (Wildman–Crippen LogP) is 1.76. The first kappa shape index (κ1) is 12.6. The Hall–Kier alpha value is -1.86. The number of amides is 1. The number of likely N-dealkylation sites (N-methyl/N-ethyl adjacent to an activating group) is 1. The van der Waals surface area contributed by atoms with Crippen LogP contribution in [0.1, 0.15) is 31.0 Å². The monoisotopic (exact) mass is 243 g/mol. The number of benzene rings is 1. The Morgan fingerprint density at radius 2 is 2.17 bits per heavy atom. The van der Waals surface area contributed by atoms with Gasteiger partial charge in [0.25, 0.3) is 0 Å². The highest BCUT2D eigenvalue weighted by molar-refractivity contribution is 6.00. The number of carbonyl (C=O) groups is 1. The van der Waals surface area contributed by atoms with Crippen LogP contribution in [0.15, 0.2) is 18.2 Å². The quantitative estimate of drug-likeness (QED) is 0.860. The van der Waals surface area contributed by atoms with E-state index in [9.17, 15) is 4.79 Å². The lowest BCUT2D eigenvalue weighted by Gasteiger charge is -2.25. The van der Waals surface area contributed by atoms with Crippen molar-refractivity contribution in [3.8, 4) is 6.07 Å². The van der Waals surface area contributed by atoms with Crippen LogP contribution in [0.5, 0.6) is 0 Å². The average Bonchev–Trinajstić information content (AvgIpc) is 2.63. The molecule has 0 bridgehead atoms. The van der Waals surface area contributed by atoms with Gasteiger partial charge in [0.05, 0.1) is 17.9 Å². The first-order chi connectivity index (χ1) is 8.36. The number of hydrogen-bond donors (Lipinski definition) is 1. The van der Waals surface area contributed by atoms with Gasteiger partial charge in [0.15, 0.2) is 0 Å². The van der Waals surface area contributed by atoms with Gasteiger partial charge < -0.3 is 10.6 Å². The molecule has 94 valence electrons. The number of anilines is 1. The Balaban J connectivity index is 2.38. The summed E-state index contributed by atoms with van der Waals surface area (Å²) in [7, 11) is 1.77. The van der Waals surface area contributed by atoms with Gasteiger partial charge >= 0.3 is 0 Å². The van der Waals surface area contributed by atoms with Crippen LogP contribution in [-0.4, -0.2) is 13.0 Å². The van der Waals surface area contributed by atoms with E-state index in [1.54, 1.807) is 11.9 Å². The van der Waals surface area contributed by atoms with Crippen molar-refractivity contribution in [3.05, 3.63) is 29.3 Å². The Morgan fingerprint density at radius 1 is 1.50 bits per heavy atom. The average molecular weight is 243 g/mol. The van der Waals surface area contributed by atoms with E-state index in [1.165, 1.54) is 0 Å². The molecule has 2 rings (SSSR count). The first-order valence-electron chi connectivity index (χ1n) is 5.93. The summed E-state index contributed by atoms with van der Waals surface area (Å²) in [4.78, 5) is 13.3. The molecule has 0 fully saturated rings. The van der Waals surface area contributed by atoms with E-state index < -0.39 is 5.41 Å². The first-order valence-corrected chi connectivity index (χ1v) is 5.93. The van der Waals surface area contributed by atoms with E-state index in [4.69, 9.17) is 11.0 Å². The number of nitrogens with zero attached hydrogens (tertiary/aromatic N) is 2. The van der Waals surface area contributed by atoms with Crippen LogP contribution in [0, 0.1) is 16.7 Å². The van der Waals surface area contributed by atoms with Gasteiger partial charge in [-0.1, -0.05) is 12.1 Å². The number of carbonyl (C=O) groups excluding carboxylic acids is 1. The van der Waals surface area contributed by atoms with Crippen LogP contribution in [0.25, 0.3) is 0 Å². The van der Waals surface area contributed by atoms with Gasteiger partial charge in [0, 0.05) is 18.8 Å². The topological polar surface area (TPSA) is 70.1 Å². The fourth-order valence-corrected chi connectivity index (χ4v) is 2.17. The highest BCUT2D eigenvalue weighted by Gasteiger charge is 2.30. The third-order valence-corrected chi connectivity index (χ3v) is 3.61. The molecule has 4 nitrogen and oxygen atoms in total. The van der Waals surface area contributed by atoms with Gasteiger partial charge in [-0.05, 0) is 31.0 Å². The van der Waals surface area contributed by atoms with Gasteiger partial charge in [-0.15, -0.1) is 0 Å². The molecule has 0 saturated carbocycles. The molecule has 0 spiro atoms. The normalized spacial score (nSPS) is 16.4. The summed E-state index contributed by atoms with van der Waals surface area (Å²) in [5.74, 6) is 0.0928. The summed E-state index contributed by atoms with van der Waals surface area (Å²) < 4.78 is 0. The van der Waals surface area contributed by atoms with Crippen molar-refractivity contribution in [2.75, 3.05) is 11.9 Å². The molecule has 0 radical (unpaired) electrons. The molecule has 1 unspecified atom stereocenters. The molecule has 4 heteroatoms. The van der Waals surface area contributed by atoms with Crippen LogP contribution in [-0.2, 0) is 11.2 Å². The largest absolute Gasteiger partial charge is 0.323 e. The van der Waals surface area contributed by atoms with Crippen molar-refractivity contribution in [2.24, 2.45) is 11.1 Å². The second kappa shape index (κ2) is 4.11.